The smallest absolute Gasteiger partial charge is 0.260 e. The first-order valence-corrected chi connectivity index (χ1v) is 9.35. The van der Waals surface area contributed by atoms with E-state index in [2.05, 4.69) is 10.3 Å². The summed E-state index contributed by atoms with van der Waals surface area (Å²) in [6, 6.07) is 5.93. The molecule has 1 fully saturated rings. The normalized spacial score (nSPS) is 19.6. The summed E-state index contributed by atoms with van der Waals surface area (Å²) < 4.78 is 13.7. The minimum absolute atomic E-state index is 0.00531. The Hall–Kier alpha value is -2.32. The minimum Gasteiger partial charge on any atom is -0.339 e. The minimum atomic E-state index is -0.588. The highest BCUT2D eigenvalue weighted by atomic mass is 32.1. The summed E-state index contributed by atoms with van der Waals surface area (Å²) in [6.07, 6.45) is 1.09. The number of thiazole rings is 1. The summed E-state index contributed by atoms with van der Waals surface area (Å²) in [4.78, 5) is 30.7. The molecule has 26 heavy (non-hydrogen) atoms. The first-order chi connectivity index (χ1) is 12.5. The molecule has 0 radical (unpaired) electrons. The maximum Gasteiger partial charge on any atom is 0.260 e. The highest BCUT2D eigenvalue weighted by molar-refractivity contribution is 7.14. The van der Waals surface area contributed by atoms with Gasteiger partial charge in [0.25, 0.3) is 5.91 Å². The van der Waals surface area contributed by atoms with Gasteiger partial charge in [0.05, 0.1) is 17.7 Å². The second-order valence-electron chi connectivity index (χ2n) is 6.49. The maximum absolute atomic E-state index is 13.7. The molecule has 1 aromatic carbocycles. The highest BCUT2D eigenvalue weighted by Gasteiger charge is 2.31. The van der Waals surface area contributed by atoms with Crippen molar-refractivity contribution >= 4 is 28.3 Å². The van der Waals surface area contributed by atoms with Crippen molar-refractivity contribution in [1.29, 1.82) is 0 Å². The van der Waals surface area contributed by atoms with Gasteiger partial charge in [-0.1, -0.05) is 12.1 Å². The summed E-state index contributed by atoms with van der Waals surface area (Å²) in [7, 11) is 0. The number of likely N-dealkylation sites (tertiary alicyclic amines) is 1. The van der Waals surface area contributed by atoms with E-state index in [4.69, 9.17) is 5.73 Å². The molecule has 1 aliphatic rings. The fourth-order valence-electron chi connectivity index (χ4n) is 3.17. The van der Waals surface area contributed by atoms with Crippen LogP contribution in [0.25, 0.3) is 0 Å². The lowest BCUT2D eigenvalue weighted by atomic mass is 10.1. The number of nitrogens with zero attached hydrogens (tertiary/aromatic N) is 2. The van der Waals surface area contributed by atoms with E-state index < -0.39 is 11.7 Å². The number of rotatable bonds is 5. The summed E-state index contributed by atoms with van der Waals surface area (Å²) in [5.41, 5.74) is 6.25. The Morgan fingerprint density at radius 2 is 2.19 bits per heavy atom. The van der Waals surface area contributed by atoms with Gasteiger partial charge in [-0.15, -0.1) is 11.3 Å². The SMILES string of the molecule is CC1CC(CN)CN1C(=O)Cc1csc(NC(=O)c2ccccc2F)n1. The van der Waals surface area contributed by atoms with Crippen LogP contribution >= 0.6 is 11.3 Å². The van der Waals surface area contributed by atoms with Gasteiger partial charge in [-0.3, -0.25) is 14.9 Å². The molecule has 3 rings (SSSR count). The van der Waals surface area contributed by atoms with Gasteiger partial charge in [0.2, 0.25) is 5.91 Å². The predicted molar refractivity (Wildman–Crippen MR) is 98.5 cm³/mol. The lowest BCUT2D eigenvalue weighted by Gasteiger charge is -2.21. The van der Waals surface area contributed by atoms with Crippen molar-refractivity contribution in [2.75, 3.05) is 18.4 Å². The van der Waals surface area contributed by atoms with Crippen molar-refractivity contribution in [2.45, 2.75) is 25.8 Å². The molecule has 2 heterocycles. The first kappa shape index (κ1) is 18.5. The zero-order chi connectivity index (χ0) is 18.7. The van der Waals surface area contributed by atoms with Gasteiger partial charge in [0, 0.05) is 18.0 Å². The molecule has 138 valence electrons. The molecule has 0 bridgehead atoms. The van der Waals surface area contributed by atoms with Gasteiger partial charge >= 0.3 is 0 Å². The molecule has 0 spiro atoms. The summed E-state index contributed by atoms with van der Waals surface area (Å²) >= 11 is 1.21. The van der Waals surface area contributed by atoms with Crippen LogP contribution in [0.3, 0.4) is 0 Å². The molecule has 1 aromatic heterocycles. The third-order valence-electron chi connectivity index (χ3n) is 4.54. The van der Waals surface area contributed by atoms with Crippen LogP contribution in [0.15, 0.2) is 29.6 Å². The number of carbonyl (C=O) groups is 2. The van der Waals surface area contributed by atoms with Gasteiger partial charge in [0.15, 0.2) is 5.13 Å². The van der Waals surface area contributed by atoms with E-state index in [1.807, 2.05) is 11.8 Å². The van der Waals surface area contributed by atoms with Crippen molar-refractivity contribution in [3.8, 4) is 0 Å². The number of amides is 2. The van der Waals surface area contributed by atoms with E-state index in [9.17, 15) is 14.0 Å². The number of hydrogen-bond acceptors (Lipinski definition) is 5. The molecule has 2 amide bonds. The monoisotopic (exact) mass is 376 g/mol. The van der Waals surface area contributed by atoms with E-state index in [1.54, 1.807) is 11.4 Å². The Morgan fingerprint density at radius 3 is 2.88 bits per heavy atom. The number of benzene rings is 1. The number of nitrogens with one attached hydrogen (secondary N) is 1. The summed E-state index contributed by atoms with van der Waals surface area (Å²) in [5.74, 6) is -0.797. The van der Waals surface area contributed by atoms with Crippen LogP contribution in [0.1, 0.15) is 29.4 Å². The molecule has 6 nitrogen and oxygen atoms in total. The molecule has 2 aromatic rings. The number of halogens is 1. The second kappa shape index (κ2) is 7.92. The van der Waals surface area contributed by atoms with Gasteiger partial charge in [-0.25, -0.2) is 9.37 Å². The van der Waals surface area contributed by atoms with Crippen LogP contribution in [0.4, 0.5) is 9.52 Å². The number of carbonyl (C=O) groups excluding carboxylic acids is 2. The van der Waals surface area contributed by atoms with Gasteiger partial charge in [-0.2, -0.15) is 0 Å². The van der Waals surface area contributed by atoms with E-state index in [1.165, 1.54) is 29.5 Å². The topological polar surface area (TPSA) is 88.3 Å². The van der Waals surface area contributed by atoms with Gasteiger partial charge in [-0.05, 0) is 37.9 Å². The van der Waals surface area contributed by atoms with Crippen LogP contribution in [0.5, 0.6) is 0 Å². The van der Waals surface area contributed by atoms with Crippen LogP contribution in [-0.4, -0.2) is 40.8 Å². The summed E-state index contributed by atoms with van der Waals surface area (Å²) in [5, 5.41) is 4.65. The van der Waals surface area contributed by atoms with Crippen LogP contribution in [0, 0.1) is 11.7 Å². The van der Waals surface area contributed by atoms with Gasteiger partial charge in [0.1, 0.15) is 5.82 Å². The molecule has 0 saturated carbocycles. The van der Waals surface area contributed by atoms with Crippen LogP contribution < -0.4 is 11.1 Å². The molecular weight excluding hydrogens is 355 g/mol. The fourth-order valence-corrected chi connectivity index (χ4v) is 3.88. The molecule has 2 unspecified atom stereocenters. The Labute approximate surface area is 155 Å². The zero-order valence-electron chi connectivity index (χ0n) is 14.4. The second-order valence-corrected chi connectivity index (χ2v) is 7.35. The van der Waals surface area contributed by atoms with Crippen molar-refractivity contribution in [3.63, 3.8) is 0 Å². The Morgan fingerprint density at radius 1 is 1.42 bits per heavy atom. The van der Waals surface area contributed by atoms with Crippen LogP contribution in [-0.2, 0) is 11.2 Å². The highest BCUT2D eigenvalue weighted by Crippen LogP contribution is 2.24. The van der Waals surface area contributed by atoms with Crippen molar-refractivity contribution in [3.05, 3.63) is 46.7 Å². The van der Waals surface area contributed by atoms with E-state index in [0.717, 1.165) is 6.42 Å². The number of hydrogen-bond donors (Lipinski definition) is 2. The maximum atomic E-state index is 13.7. The quantitative estimate of drug-likeness (QED) is 0.838. The average molecular weight is 376 g/mol. The standard InChI is InChI=1S/C18H21FN4O2S/c1-11-6-12(8-20)9-23(11)16(24)7-13-10-26-18(21-13)22-17(25)14-4-2-3-5-15(14)19/h2-5,10-12H,6-9,20H2,1H3,(H,21,22,25). The first-order valence-electron chi connectivity index (χ1n) is 8.47. The van der Waals surface area contributed by atoms with Crippen molar-refractivity contribution < 1.29 is 14.0 Å². The molecule has 1 aliphatic heterocycles. The molecule has 0 aliphatic carbocycles. The van der Waals surface area contributed by atoms with Crippen molar-refractivity contribution in [2.24, 2.45) is 11.7 Å². The average Bonchev–Trinajstić information content (AvgIpc) is 3.21. The summed E-state index contributed by atoms with van der Waals surface area (Å²) in [6.45, 7) is 3.28. The Bertz CT molecular complexity index is 810. The van der Waals surface area contributed by atoms with Gasteiger partial charge < -0.3 is 10.6 Å². The lowest BCUT2D eigenvalue weighted by molar-refractivity contribution is -0.131. The van der Waals surface area contributed by atoms with E-state index in [-0.39, 0.29) is 23.9 Å². The molecule has 8 heteroatoms. The van der Waals surface area contributed by atoms with E-state index >= 15 is 0 Å². The van der Waals surface area contributed by atoms with E-state index in [0.29, 0.717) is 29.8 Å². The molecular formula is C18H21FN4O2S. The Kier molecular flexibility index (Phi) is 5.63. The van der Waals surface area contributed by atoms with Crippen LogP contribution in [0.2, 0.25) is 0 Å². The number of nitrogens with two attached hydrogens (primary N) is 1. The largest absolute Gasteiger partial charge is 0.339 e. The van der Waals surface area contributed by atoms with Crippen molar-refractivity contribution in [1.82, 2.24) is 9.88 Å². The molecule has 1 saturated heterocycles. The third-order valence-corrected chi connectivity index (χ3v) is 5.34. The zero-order valence-corrected chi connectivity index (χ0v) is 15.3. The molecule has 3 N–H and O–H groups in total. The third kappa shape index (κ3) is 4.08. The predicted octanol–water partition coefficient (Wildman–Crippen LogP) is 2.27. The fraction of sp³-hybridized carbons (Fsp3) is 0.389. The number of anilines is 1. The Balaban J connectivity index is 1.61. The lowest BCUT2D eigenvalue weighted by Crippen LogP contribution is -2.35. The number of aromatic nitrogens is 1. The molecule has 2 atom stereocenters.